The SMILES string of the molecule is [CH2]CCCC(CCCCCCCCCCC)CCCCCCCCCCC. The van der Waals surface area contributed by atoms with E-state index in [1.165, 1.54) is 141 Å². The fourth-order valence-corrected chi connectivity index (χ4v) is 4.35. The minimum Gasteiger partial charge on any atom is -0.0654 e. The summed E-state index contributed by atoms with van der Waals surface area (Å²) in [6.45, 7) is 8.67. The van der Waals surface area contributed by atoms with Gasteiger partial charge in [-0.15, -0.1) is 0 Å². The second-order valence-electron chi connectivity index (χ2n) is 9.10. The summed E-state index contributed by atoms with van der Waals surface area (Å²) < 4.78 is 0. The molecule has 0 spiro atoms. The Morgan fingerprint density at radius 1 is 0.407 bits per heavy atom. The molecule has 0 atom stereocenters. The Kier molecular flexibility index (Phi) is 24.0. The number of unbranched alkanes of at least 4 members (excludes halogenated alkanes) is 17. The smallest absolute Gasteiger partial charge is 0.0414 e. The molecular formula is C27H55. The van der Waals surface area contributed by atoms with Crippen LogP contribution in [-0.4, -0.2) is 0 Å². The molecule has 0 saturated carbocycles. The molecule has 0 aromatic heterocycles. The molecule has 0 aliphatic carbocycles. The van der Waals surface area contributed by atoms with E-state index in [9.17, 15) is 0 Å². The Morgan fingerprint density at radius 3 is 1.04 bits per heavy atom. The van der Waals surface area contributed by atoms with Gasteiger partial charge in [0.1, 0.15) is 0 Å². The molecule has 0 nitrogen and oxygen atoms in total. The van der Waals surface area contributed by atoms with Crippen LogP contribution in [0.2, 0.25) is 0 Å². The van der Waals surface area contributed by atoms with Crippen LogP contribution in [0.5, 0.6) is 0 Å². The topological polar surface area (TPSA) is 0 Å². The van der Waals surface area contributed by atoms with Crippen LogP contribution < -0.4 is 0 Å². The maximum atomic E-state index is 4.06. The van der Waals surface area contributed by atoms with Crippen LogP contribution in [0.3, 0.4) is 0 Å². The summed E-state index contributed by atoms with van der Waals surface area (Å²) in [5.41, 5.74) is 0. The van der Waals surface area contributed by atoms with Gasteiger partial charge in [0.25, 0.3) is 0 Å². The van der Waals surface area contributed by atoms with Gasteiger partial charge in [0.05, 0.1) is 0 Å². The first-order valence-corrected chi connectivity index (χ1v) is 13.1. The van der Waals surface area contributed by atoms with Crippen molar-refractivity contribution in [1.82, 2.24) is 0 Å². The molecule has 0 aromatic carbocycles. The summed E-state index contributed by atoms with van der Waals surface area (Å²) in [6.07, 6.45) is 33.2. The highest BCUT2D eigenvalue weighted by molar-refractivity contribution is 4.62. The van der Waals surface area contributed by atoms with E-state index in [1.807, 2.05) is 0 Å². The van der Waals surface area contributed by atoms with Crippen molar-refractivity contribution in [2.24, 2.45) is 5.92 Å². The van der Waals surface area contributed by atoms with E-state index in [0.717, 1.165) is 12.3 Å². The second kappa shape index (κ2) is 24.0. The fourth-order valence-electron chi connectivity index (χ4n) is 4.35. The van der Waals surface area contributed by atoms with Crippen molar-refractivity contribution >= 4 is 0 Å². The largest absolute Gasteiger partial charge is 0.0654 e. The van der Waals surface area contributed by atoms with Crippen LogP contribution in [0.25, 0.3) is 0 Å². The molecule has 0 aliphatic heterocycles. The lowest BCUT2D eigenvalue weighted by Crippen LogP contribution is -2.01. The van der Waals surface area contributed by atoms with Gasteiger partial charge in [-0.3, -0.25) is 0 Å². The van der Waals surface area contributed by atoms with E-state index >= 15 is 0 Å². The van der Waals surface area contributed by atoms with Gasteiger partial charge in [-0.2, -0.15) is 0 Å². The molecule has 0 fully saturated rings. The Morgan fingerprint density at radius 2 is 0.704 bits per heavy atom. The second-order valence-corrected chi connectivity index (χ2v) is 9.10. The van der Waals surface area contributed by atoms with E-state index in [0.29, 0.717) is 0 Å². The zero-order valence-corrected chi connectivity index (χ0v) is 19.5. The highest BCUT2D eigenvalue weighted by Gasteiger charge is 2.08. The van der Waals surface area contributed by atoms with Crippen molar-refractivity contribution in [3.63, 3.8) is 0 Å². The fraction of sp³-hybridized carbons (Fsp3) is 0.963. The molecule has 0 heteroatoms. The minimum absolute atomic E-state index is 1.00. The highest BCUT2D eigenvalue weighted by atomic mass is 14.1. The van der Waals surface area contributed by atoms with Crippen molar-refractivity contribution in [3.8, 4) is 0 Å². The van der Waals surface area contributed by atoms with Gasteiger partial charge in [0, 0.05) is 0 Å². The van der Waals surface area contributed by atoms with Crippen molar-refractivity contribution in [1.29, 1.82) is 0 Å². The summed E-state index contributed by atoms with van der Waals surface area (Å²) in [6, 6.07) is 0. The maximum absolute atomic E-state index is 4.06. The number of rotatable bonds is 23. The van der Waals surface area contributed by atoms with Gasteiger partial charge < -0.3 is 0 Å². The van der Waals surface area contributed by atoms with Crippen molar-refractivity contribution < 1.29 is 0 Å². The standard InChI is InChI=1S/C27H55/c1-4-7-10-12-14-16-18-20-22-25-27(24-9-6-3)26-23-21-19-17-15-13-11-8-5-2/h27H,3-26H2,1-2H3. The van der Waals surface area contributed by atoms with Gasteiger partial charge in [-0.25, -0.2) is 0 Å². The van der Waals surface area contributed by atoms with Crippen LogP contribution >= 0.6 is 0 Å². The van der Waals surface area contributed by atoms with Crippen LogP contribution in [0.1, 0.15) is 162 Å². The van der Waals surface area contributed by atoms with Crippen molar-refractivity contribution in [2.45, 2.75) is 162 Å². The Labute approximate surface area is 174 Å². The predicted octanol–water partition coefficient (Wildman–Crippen LogP) is 10.4. The lowest BCUT2D eigenvalue weighted by molar-refractivity contribution is 0.372. The van der Waals surface area contributed by atoms with Crippen molar-refractivity contribution in [3.05, 3.63) is 6.92 Å². The maximum Gasteiger partial charge on any atom is -0.0414 e. The number of hydrogen-bond acceptors (Lipinski definition) is 0. The quantitative estimate of drug-likeness (QED) is 0.155. The molecule has 163 valence electrons. The Hall–Kier alpha value is 0. The molecule has 1 radical (unpaired) electrons. The van der Waals surface area contributed by atoms with Gasteiger partial charge in [0.2, 0.25) is 0 Å². The van der Waals surface area contributed by atoms with Crippen LogP contribution in [-0.2, 0) is 0 Å². The first-order chi connectivity index (χ1) is 13.3. The van der Waals surface area contributed by atoms with E-state index < -0.39 is 0 Å². The normalized spacial score (nSPS) is 11.6. The molecule has 27 heavy (non-hydrogen) atoms. The average Bonchev–Trinajstić information content (AvgIpc) is 2.68. The number of hydrogen-bond donors (Lipinski definition) is 0. The molecule has 0 aliphatic rings. The first-order valence-electron chi connectivity index (χ1n) is 13.1. The summed E-state index contributed by atoms with van der Waals surface area (Å²) in [5, 5.41) is 0. The third kappa shape index (κ3) is 22.2. The zero-order valence-electron chi connectivity index (χ0n) is 19.5. The highest BCUT2D eigenvalue weighted by Crippen LogP contribution is 2.24. The van der Waals surface area contributed by atoms with Crippen LogP contribution in [0.4, 0.5) is 0 Å². The van der Waals surface area contributed by atoms with Crippen molar-refractivity contribution in [2.75, 3.05) is 0 Å². The van der Waals surface area contributed by atoms with Crippen LogP contribution in [0.15, 0.2) is 0 Å². The first kappa shape index (κ1) is 27.0. The van der Waals surface area contributed by atoms with E-state index in [4.69, 9.17) is 0 Å². The molecule has 0 saturated heterocycles. The lowest BCUT2D eigenvalue weighted by Gasteiger charge is -2.16. The van der Waals surface area contributed by atoms with Gasteiger partial charge in [0.15, 0.2) is 0 Å². The Balaban J connectivity index is 3.53. The Bertz CT molecular complexity index is 222. The van der Waals surface area contributed by atoms with Gasteiger partial charge >= 0.3 is 0 Å². The predicted molar refractivity (Wildman–Crippen MR) is 126 cm³/mol. The van der Waals surface area contributed by atoms with Gasteiger partial charge in [-0.05, 0) is 5.92 Å². The van der Waals surface area contributed by atoms with E-state index in [2.05, 4.69) is 20.8 Å². The zero-order chi connectivity index (χ0) is 19.8. The molecule has 0 heterocycles. The molecule has 0 aromatic rings. The summed E-state index contributed by atoms with van der Waals surface area (Å²) >= 11 is 0. The minimum atomic E-state index is 1.00. The monoisotopic (exact) mass is 379 g/mol. The van der Waals surface area contributed by atoms with Crippen LogP contribution in [0, 0.1) is 12.8 Å². The van der Waals surface area contributed by atoms with Gasteiger partial charge in [-0.1, -0.05) is 168 Å². The molecule has 0 bridgehead atoms. The third-order valence-electron chi connectivity index (χ3n) is 6.29. The lowest BCUT2D eigenvalue weighted by atomic mass is 9.90. The van der Waals surface area contributed by atoms with E-state index in [-0.39, 0.29) is 0 Å². The molecule has 0 amide bonds. The summed E-state index contributed by atoms with van der Waals surface area (Å²) in [4.78, 5) is 0. The summed E-state index contributed by atoms with van der Waals surface area (Å²) in [7, 11) is 0. The molecular weight excluding hydrogens is 324 g/mol. The van der Waals surface area contributed by atoms with E-state index in [1.54, 1.807) is 0 Å². The summed E-state index contributed by atoms with van der Waals surface area (Å²) in [5.74, 6) is 1.00. The molecule has 0 unspecified atom stereocenters. The average molecular weight is 380 g/mol. The molecule has 0 N–H and O–H groups in total. The third-order valence-corrected chi connectivity index (χ3v) is 6.29. The molecule has 0 rings (SSSR count).